The Morgan fingerprint density at radius 2 is 1.49 bits per heavy atom. The third kappa shape index (κ3) is 3.00. The molecule has 3 aromatic carbocycles. The van der Waals surface area contributed by atoms with Crippen molar-refractivity contribution in [2.24, 2.45) is 11.8 Å². The second-order valence-electron chi connectivity index (χ2n) is 9.05. The molecule has 1 spiro atoms. The number of benzene rings is 3. The molecule has 9 heteroatoms. The topological polar surface area (TPSA) is 99.2 Å². The number of methoxy groups -OCH3 is 2. The van der Waals surface area contributed by atoms with Crippen molar-refractivity contribution < 1.29 is 33.4 Å². The van der Waals surface area contributed by atoms with Gasteiger partial charge in [-0.05, 0) is 18.2 Å². The molecule has 2 amide bonds. The van der Waals surface area contributed by atoms with Crippen molar-refractivity contribution >= 4 is 40.7 Å². The van der Waals surface area contributed by atoms with E-state index in [9.17, 15) is 19.2 Å². The zero-order valence-electron chi connectivity index (χ0n) is 19.8. The number of ether oxygens (including phenoxy) is 3. The maximum Gasteiger partial charge on any atom is 0.241 e. The van der Waals surface area contributed by atoms with Gasteiger partial charge in [0.2, 0.25) is 29.0 Å². The largest absolute Gasteiger partial charge is 0.497 e. The van der Waals surface area contributed by atoms with Crippen LogP contribution in [0.25, 0.3) is 0 Å². The highest BCUT2D eigenvalue weighted by Gasteiger charge is 2.75. The Hall–Kier alpha value is -4.01. The van der Waals surface area contributed by atoms with Gasteiger partial charge in [0.1, 0.15) is 11.5 Å². The van der Waals surface area contributed by atoms with Crippen molar-refractivity contribution in [3.8, 4) is 11.5 Å². The van der Waals surface area contributed by atoms with Crippen molar-refractivity contribution in [3.05, 3.63) is 88.4 Å². The van der Waals surface area contributed by atoms with Crippen molar-refractivity contribution in [1.29, 1.82) is 0 Å². The third-order valence-corrected chi connectivity index (χ3v) is 7.70. The van der Waals surface area contributed by atoms with Crippen LogP contribution in [0.4, 0.5) is 5.69 Å². The summed E-state index contributed by atoms with van der Waals surface area (Å²) in [6.07, 6.45) is -1.10. The van der Waals surface area contributed by atoms with Crippen LogP contribution in [0.15, 0.2) is 66.7 Å². The molecule has 0 bridgehead atoms. The predicted octanol–water partition coefficient (Wildman–Crippen LogP) is 4.05. The van der Waals surface area contributed by atoms with Crippen molar-refractivity contribution in [1.82, 2.24) is 0 Å². The Kier molecular flexibility index (Phi) is 5.22. The minimum absolute atomic E-state index is 0.159. The maximum absolute atomic E-state index is 14.1. The van der Waals surface area contributed by atoms with E-state index >= 15 is 0 Å². The lowest BCUT2D eigenvalue weighted by molar-refractivity contribution is -0.127. The number of halogens is 1. The lowest BCUT2D eigenvalue weighted by Gasteiger charge is -2.28. The fraction of sp³-hybridized carbons (Fsp3) is 0.214. The molecule has 1 aliphatic carbocycles. The Morgan fingerprint density at radius 1 is 0.838 bits per heavy atom. The highest BCUT2D eigenvalue weighted by atomic mass is 35.5. The van der Waals surface area contributed by atoms with Gasteiger partial charge >= 0.3 is 0 Å². The Balaban J connectivity index is 1.56. The molecule has 0 aromatic heterocycles. The van der Waals surface area contributed by atoms with Crippen LogP contribution in [0.2, 0.25) is 5.02 Å². The summed E-state index contributed by atoms with van der Waals surface area (Å²) in [5.74, 6) is -4.48. The van der Waals surface area contributed by atoms with Gasteiger partial charge in [-0.25, -0.2) is 4.90 Å². The number of carbonyl (C=O) groups excluding carboxylic acids is 4. The first kappa shape index (κ1) is 23.4. The normalized spacial score (nSPS) is 23.5. The number of Topliss-reactive ketones (excluding diaryl/α,β-unsaturated/α-hetero) is 2. The van der Waals surface area contributed by atoms with Crippen LogP contribution < -0.4 is 14.4 Å². The molecular formula is C28H20ClNO7. The van der Waals surface area contributed by atoms with Crippen LogP contribution in [0, 0.1) is 11.8 Å². The first-order valence-electron chi connectivity index (χ1n) is 11.6. The molecule has 8 nitrogen and oxygen atoms in total. The number of imide groups is 1. The molecule has 0 N–H and O–H groups in total. The van der Waals surface area contributed by atoms with Crippen molar-refractivity contribution in [2.45, 2.75) is 11.7 Å². The van der Waals surface area contributed by atoms with Crippen LogP contribution in [0.3, 0.4) is 0 Å². The Labute approximate surface area is 216 Å². The summed E-state index contributed by atoms with van der Waals surface area (Å²) < 4.78 is 17.0. The number of ketones is 2. The number of amides is 2. The fourth-order valence-corrected chi connectivity index (χ4v) is 5.96. The smallest absolute Gasteiger partial charge is 0.241 e. The monoisotopic (exact) mass is 517 g/mol. The maximum atomic E-state index is 14.1. The van der Waals surface area contributed by atoms with E-state index < -0.39 is 46.9 Å². The highest BCUT2D eigenvalue weighted by Crippen LogP contribution is 2.58. The molecule has 3 aromatic rings. The summed E-state index contributed by atoms with van der Waals surface area (Å²) in [7, 11) is 2.89. The second kappa shape index (κ2) is 8.26. The summed E-state index contributed by atoms with van der Waals surface area (Å²) in [4.78, 5) is 56.7. The number of hydrogen-bond acceptors (Lipinski definition) is 7. The average molecular weight is 518 g/mol. The molecule has 0 saturated carbocycles. The summed E-state index contributed by atoms with van der Waals surface area (Å²) in [5.41, 5.74) is -1.27. The Bertz CT molecular complexity index is 1480. The molecule has 0 unspecified atom stereocenters. The van der Waals surface area contributed by atoms with Gasteiger partial charge in [0.25, 0.3) is 0 Å². The standard InChI is InChI=1S/C28H20ClNO7/c1-35-14-11-12-19(20(13-14)36-2)30-26(33)21-22(27(30)34)28(37-23(21)17-9-5-6-10-18(17)29)24(31)15-7-3-4-8-16(15)25(28)32/h3-13,21-23H,1-2H3/t21-,22+,23-/m1/s1. The summed E-state index contributed by atoms with van der Waals surface area (Å²) >= 11 is 6.48. The molecule has 186 valence electrons. The van der Waals surface area contributed by atoms with E-state index in [4.69, 9.17) is 25.8 Å². The molecule has 0 radical (unpaired) electrons. The lowest BCUT2D eigenvalue weighted by Crippen LogP contribution is -2.51. The number of nitrogens with zero attached hydrogens (tertiary/aromatic N) is 1. The number of rotatable bonds is 4. The van der Waals surface area contributed by atoms with Crippen LogP contribution in [0.1, 0.15) is 32.4 Å². The van der Waals surface area contributed by atoms with Gasteiger partial charge in [-0.15, -0.1) is 0 Å². The number of anilines is 1. The van der Waals surface area contributed by atoms with E-state index in [-0.39, 0.29) is 22.6 Å². The molecule has 2 saturated heterocycles. The van der Waals surface area contributed by atoms with Crippen LogP contribution in [-0.2, 0) is 14.3 Å². The van der Waals surface area contributed by atoms with Crippen molar-refractivity contribution in [2.75, 3.05) is 19.1 Å². The molecule has 37 heavy (non-hydrogen) atoms. The first-order chi connectivity index (χ1) is 17.8. The summed E-state index contributed by atoms with van der Waals surface area (Å²) in [6.45, 7) is 0. The van der Waals surface area contributed by atoms with Gasteiger partial charge < -0.3 is 14.2 Å². The van der Waals surface area contributed by atoms with Gasteiger partial charge in [-0.1, -0.05) is 54.1 Å². The molecule has 6 rings (SSSR count). The van der Waals surface area contributed by atoms with E-state index in [0.29, 0.717) is 16.3 Å². The molecule has 3 atom stereocenters. The zero-order chi connectivity index (χ0) is 26.1. The second-order valence-corrected chi connectivity index (χ2v) is 9.46. The average Bonchev–Trinajstić information content (AvgIpc) is 3.48. The van der Waals surface area contributed by atoms with Crippen LogP contribution >= 0.6 is 11.6 Å². The van der Waals surface area contributed by atoms with Gasteiger partial charge in [0.15, 0.2) is 0 Å². The van der Waals surface area contributed by atoms with Crippen LogP contribution in [-0.4, -0.2) is 43.2 Å². The third-order valence-electron chi connectivity index (χ3n) is 7.36. The van der Waals surface area contributed by atoms with E-state index in [0.717, 1.165) is 4.90 Å². The molecular weight excluding hydrogens is 498 g/mol. The van der Waals surface area contributed by atoms with Gasteiger partial charge in [0, 0.05) is 27.8 Å². The minimum atomic E-state index is -2.18. The molecule has 3 aliphatic rings. The fourth-order valence-electron chi connectivity index (χ4n) is 5.71. The predicted molar refractivity (Wildman–Crippen MR) is 132 cm³/mol. The van der Waals surface area contributed by atoms with E-state index in [2.05, 4.69) is 0 Å². The van der Waals surface area contributed by atoms with Gasteiger partial charge in [-0.2, -0.15) is 0 Å². The summed E-state index contributed by atoms with van der Waals surface area (Å²) in [5, 5.41) is 0.291. The minimum Gasteiger partial charge on any atom is -0.497 e. The molecule has 2 fully saturated rings. The van der Waals surface area contributed by atoms with E-state index in [1.54, 1.807) is 48.5 Å². The lowest BCUT2D eigenvalue weighted by atomic mass is 9.77. The van der Waals surface area contributed by atoms with E-state index in [1.165, 1.54) is 32.4 Å². The SMILES string of the molecule is COc1ccc(N2C(=O)[C@H]3[C@@H](c4ccccc4Cl)OC4(C(=O)c5ccccc5C4=O)[C@@H]3C2=O)c(OC)c1. The summed E-state index contributed by atoms with van der Waals surface area (Å²) in [6, 6.07) is 17.7. The van der Waals surface area contributed by atoms with Crippen molar-refractivity contribution in [3.63, 3.8) is 0 Å². The number of hydrogen-bond donors (Lipinski definition) is 0. The van der Waals surface area contributed by atoms with Gasteiger partial charge in [0.05, 0.1) is 37.8 Å². The van der Waals surface area contributed by atoms with Crippen LogP contribution in [0.5, 0.6) is 11.5 Å². The first-order valence-corrected chi connectivity index (χ1v) is 11.9. The number of fused-ring (bicyclic) bond motifs is 3. The van der Waals surface area contributed by atoms with E-state index in [1.807, 2.05) is 0 Å². The number of carbonyl (C=O) groups is 4. The quantitative estimate of drug-likeness (QED) is 0.380. The van der Waals surface area contributed by atoms with Gasteiger partial charge in [-0.3, -0.25) is 19.2 Å². The highest BCUT2D eigenvalue weighted by molar-refractivity contribution is 6.37. The molecule has 2 aliphatic heterocycles. The zero-order valence-corrected chi connectivity index (χ0v) is 20.5. The Morgan fingerprint density at radius 3 is 2.11 bits per heavy atom. The molecule has 2 heterocycles.